The average Bonchev–Trinajstić information content (AvgIpc) is 2.75. The molecule has 0 N–H and O–H groups in total. The predicted octanol–water partition coefficient (Wildman–Crippen LogP) is 3.06. The molecule has 3 aliphatic rings. The van der Waals surface area contributed by atoms with Gasteiger partial charge in [-0.1, -0.05) is 23.8 Å². The van der Waals surface area contributed by atoms with Gasteiger partial charge in [0.05, 0.1) is 0 Å². The van der Waals surface area contributed by atoms with Crippen LogP contribution in [0, 0.1) is 11.3 Å². The monoisotopic (exact) mass is 146 g/mol. The van der Waals surface area contributed by atoms with Gasteiger partial charge in [0.1, 0.15) is 0 Å². The molecule has 0 heteroatoms. The fourth-order valence-corrected chi connectivity index (χ4v) is 2.95. The van der Waals surface area contributed by atoms with Gasteiger partial charge in [-0.3, -0.25) is 0 Å². The first kappa shape index (κ1) is 6.05. The van der Waals surface area contributed by atoms with Crippen molar-refractivity contribution in [3.05, 3.63) is 23.8 Å². The topological polar surface area (TPSA) is 0 Å². The summed E-state index contributed by atoms with van der Waals surface area (Å²) in [5.74, 6) is 1.02. The number of rotatable bonds is 0. The highest BCUT2D eigenvalue weighted by Crippen LogP contribution is 2.64. The molecule has 0 aromatic heterocycles. The van der Waals surface area contributed by atoms with Crippen molar-refractivity contribution >= 4 is 0 Å². The summed E-state index contributed by atoms with van der Waals surface area (Å²) in [7, 11) is 0. The Balaban J connectivity index is 2.05. The molecule has 3 rings (SSSR count). The fourth-order valence-electron chi connectivity index (χ4n) is 2.95. The van der Waals surface area contributed by atoms with Crippen LogP contribution >= 0.6 is 0 Å². The Labute approximate surface area is 68.0 Å². The number of hydrogen-bond acceptors (Lipinski definition) is 0. The molecule has 0 radical (unpaired) electrons. The van der Waals surface area contributed by atoms with E-state index in [-0.39, 0.29) is 0 Å². The molecule has 1 saturated carbocycles. The summed E-state index contributed by atoms with van der Waals surface area (Å²) < 4.78 is 0. The molecule has 0 nitrogen and oxygen atoms in total. The van der Waals surface area contributed by atoms with Crippen molar-refractivity contribution in [2.24, 2.45) is 11.3 Å². The van der Waals surface area contributed by atoms with Gasteiger partial charge in [-0.15, -0.1) is 0 Å². The summed E-state index contributed by atoms with van der Waals surface area (Å²) in [6, 6.07) is 0. The third-order valence-corrected chi connectivity index (χ3v) is 3.69. The van der Waals surface area contributed by atoms with Gasteiger partial charge in [0, 0.05) is 5.41 Å². The van der Waals surface area contributed by atoms with Gasteiger partial charge in [-0.05, 0) is 38.0 Å². The van der Waals surface area contributed by atoms with E-state index in [1.54, 1.807) is 5.57 Å². The highest BCUT2D eigenvalue weighted by Gasteiger charge is 2.53. The minimum absolute atomic E-state index is 0.622. The summed E-state index contributed by atoms with van der Waals surface area (Å²) in [6.07, 6.45) is 14.4. The summed E-state index contributed by atoms with van der Waals surface area (Å²) in [6.45, 7) is 0. The van der Waals surface area contributed by atoms with E-state index >= 15 is 0 Å². The van der Waals surface area contributed by atoms with E-state index in [0.717, 1.165) is 5.92 Å². The molecule has 0 amide bonds. The minimum atomic E-state index is 0.622. The normalized spacial score (nSPS) is 45.8. The molecular weight excluding hydrogens is 132 g/mol. The lowest BCUT2D eigenvalue weighted by atomic mass is 9.75. The molecule has 2 unspecified atom stereocenters. The van der Waals surface area contributed by atoms with Gasteiger partial charge in [0.25, 0.3) is 0 Å². The van der Waals surface area contributed by atoms with Crippen LogP contribution in [0.5, 0.6) is 0 Å². The maximum absolute atomic E-state index is 2.49. The fraction of sp³-hybridized carbons (Fsp3) is 0.636. The van der Waals surface area contributed by atoms with Crippen molar-refractivity contribution in [1.29, 1.82) is 0 Å². The Kier molecular flexibility index (Phi) is 0.988. The quantitative estimate of drug-likeness (QED) is 0.461. The Hall–Kier alpha value is -0.520. The molecule has 0 aromatic rings. The van der Waals surface area contributed by atoms with E-state index in [9.17, 15) is 0 Å². The van der Waals surface area contributed by atoms with Crippen molar-refractivity contribution in [1.82, 2.24) is 0 Å². The minimum Gasteiger partial charge on any atom is -0.0876 e. The number of hydrogen-bond donors (Lipinski definition) is 0. The molecule has 0 saturated heterocycles. The predicted molar refractivity (Wildman–Crippen MR) is 46.2 cm³/mol. The van der Waals surface area contributed by atoms with Crippen LogP contribution in [0.2, 0.25) is 0 Å². The van der Waals surface area contributed by atoms with Gasteiger partial charge in [-0.2, -0.15) is 0 Å². The van der Waals surface area contributed by atoms with Gasteiger partial charge < -0.3 is 0 Å². The molecule has 2 atom stereocenters. The zero-order valence-electron chi connectivity index (χ0n) is 6.84. The van der Waals surface area contributed by atoms with Crippen LogP contribution in [0.1, 0.15) is 32.1 Å². The van der Waals surface area contributed by atoms with E-state index in [2.05, 4.69) is 18.2 Å². The maximum Gasteiger partial charge on any atom is 0.0157 e. The largest absolute Gasteiger partial charge is 0.0876 e. The Bertz CT molecular complexity index is 245. The standard InChI is InChI=1S/C11H14/c1-2-7-11-8-10(11)6-3-5-9(11)4-1/h2,6-7,9H,1,3-5,8H2. The lowest BCUT2D eigenvalue weighted by molar-refractivity contribution is 0.321. The number of allylic oxidation sites excluding steroid dienone is 4. The van der Waals surface area contributed by atoms with Crippen molar-refractivity contribution in [2.45, 2.75) is 32.1 Å². The first-order valence-electron chi connectivity index (χ1n) is 4.79. The van der Waals surface area contributed by atoms with Crippen LogP contribution in [0.4, 0.5) is 0 Å². The van der Waals surface area contributed by atoms with E-state index in [0.29, 0.717) is 5.41 Å². The summed E-state index contributed by atoms with van der Waals surface area (Å²) in [4.78, 5) is 0. The third-order valence-electron chi connectivity index (χ3n) is 3.69. The summed E-state index contributed by atoms with van der Waals surface area (Å²) >= 11 is 0. The molecule has 0 heterocycles. The Morgan fingerprint density at radius 3 is 3.09 bits per heavy atom. The van der Waals surface area contributed by atoms with E-state index < -0.39 is 0 Å². The Morgan fingerprint density at radius 2 is 2.18 bits per heavy atom. The molecule has 3 aliphatic carbocycles. The first-order valence-corrected chi connectivity index (χ1v) is 4.79. The van der Waals surface area contributed by atoms with E-state index in [4.69, 9.17) is 0 Å². The van der Waals surface area contributed by atoms with Gasteiger partial charge in [0.2, 0.25) is 0 Å². The lowest BCUT2D eigenvalue weighted by Gasteiger charge is -2.29. The van der Waals surface area contributed by atoms with Crippen molar-refractivity contribution in [3.8, 4) is 0 Å². The second kappa shape index (κ2) is 1.80. The molecule has 0 bridgehead atoms. The Morgan fingerprint density at radius 1 is 1.27 bits per heavy atom. The first-order chi connectivity index (χ1) is 5.42. The zero-order valence-corrected chi connectivity index (χ0v) is 6.84. The summed E-state index contributed by atoms with van der Waals surface area (Å²) in [5, 5.41) is 0. The molecule has 11 heavy (non-hydrogen) atoms. The van der Waals surface area contributed by atoms with Crippen LogP contribution in [0.15, 0.2) is 23.8 Å². The second-order valence-electron chi connectivity index (χ2n) is 4.20. The molecule has 0 aromatic carbocycles. The van der Waals surface area contributed by atoms with Gasteiger partial charge in [-0.25, -0.2) is 0 Å². The third kappa shape index (κ3) is 0.654. The van der Waals surface area contributed by atoms with Gasteiger partial charge in [0.15, 0.2) is 0 Å². The molecule has 58 valence electrons. The second-order valence-corrected chi connectivity index (χ2v) is 4.20. The SMILES string of the molecule is C1=CC23CC2=CCCC3CC1. The van der Waals surface area contributed by atoms with Crippen LogP contribution in [0.25, 0.3) is 0 Å². The molecular formula is C11H14. The van der Waals surface area contributed by atoms with Crippen molar-refractivity contribution < 1.29 is 0 Å². The molecule has 0 aliphatic heterocycles. The zero-order chi connectivity index (χ0) is 7.31. The average molecular weight is 146 g/mol. The maximum atomic E-state index is 2.49. The summed E-state index contributed by atoms with van der Waals surface area (Å²) in [5.41, 5.74) is 2.38. The van der Waals surface area contributed by atoms with Crippen molar-refractivity contribution in [3.63, 3.8) is 0 Å². The highest BCUT2D eigenvalue weighted by molar-refractivity contribution is 5.43. The lowest BCUT2D eigenvalue weighted by Crippen LogP contribution is -2.19. The van der Waals surface area contributed by atoms with Crippen molar-refractivity contribution in [2.75, 3.05) is 0 Å². The van der Waals surface area contributed by atoms with Crippen LogP contribution < -0.4 is 0 Å². The van der Waals surface area contributed by atoms with Crippen LogP contribution in [-0.4, -0.2) is 0 Å². The van der Waals surface area contributed by atoms with Crippen LogP contribution in [-0.2, 0) is 0 Å². The van der Waals surface area contributed by atoms with E-state index in [1.165, 1.54) is 32.1 Å². The smallest absolute Gasteiger partial charge is 0.0157 e. The molecule has 1 fully saturated rings. The van der Waals surface area contributed by atoms with Crippen LogP contribution in [0.3, 0.4) is 0 Å². The van der Waals surface area contributed by atoms with Gasteiger partial charge >= 0.3 is 0 Å². The molecule has 1 spiro atoms. The van der Waals surface area contributed by atoms with E-state index in [1.807, 2.05) is 0 Å². The highest BCUT2D eigenvalue weighted by atomic mass is 14.6.